The minimum atomic E-state index is 0.722. The van der Waals surface area contributed by atoms with E-state index < -0.39 is 0 Å². The van der Waals surface area contributed by atoms with Gasteiger partial charge in [0.2, 0.25) is 0 Å². The van der Waals surface area contributed by atoms with Gasteiger partial charge in [0.05, 0.1) is 0 Å². The van der Waals surface area contributed by atoms with Gasteiger partial charge in [0, 0.05) is 0 Å². The van der Waals surface area contributed by atoms with Crippen LogP contribution in [0.3, 0.4) is 0 Å². The van der Waals surface area contributed by atoms with Crippen molar-refractivity contribution in [2.75, 3.05) is 13.1 Å². The fourth-order valence-corrected chi connectivity index (χ4v) is 5.42. The van der Waals surface area contributed by atoms with Crippen LogP contribution in [0.4, 0.5) is 0 Å². The maximum absolute atomic E-state index is 5.98. The summed E-state index contributed by atoms with van der Waals surface area (Å²) >= 11 is 0. The highest BCUT2D eigenvalue weighted by Gasteiger charge is 2.49. The lowest BCUT2D eigenvalue weighted by Crippen LogP contribution is -2.49. The van der Waals surface area contributed by atoms with E-state index in [9.17, 15) is 0 Å². The number of nitrogens with two attached hydrogens (primary N) is 2. The van der Waals surface area contributed by atoms with Crippen molar-refractivity contribution < 1.29 is 0 Å². The van der Waals surface area contributed by atoms with Crippen molar-refractivity contribution in [2.45, 2.75) is 38.5 Å². The van der Waals surface area contributed by atoms with Gasteiger partial charge in [-0.3, -0.25) is 0 Å². The van der Waals surface area contributed by atoms with Crippen LogP contribution in [0.2, 0.25) is 0 Å². The molecule has 0 saturated heterocycles. The quantitative estimate of drug-likeness (QED) is 0.764. The molecule has 4 N–H and O–H groups in total. The molecule has 2 nitrogen and oxygen atoms in total. The van der Waals surface area contributed by atoms with E-state index in [1.54, 1.807) is 6.42 Å². The molecule has 92 valence electrons. The normalized spacial score (nSPS) is 47.2. The molecule has 0 spiro atoms. The maximum Gasteiger partial charge on any atom is -0.00455 e. The van der Waals surface area contributed by atoms with E-state index in [4.69, 9.17) is 11.5 Å². The van der Waals surface area contributed by atoms with Gasteiger partial charge in [-0.25, -0.2) is 0 Å². The van der Waals surface area contributed by atoms with E-state index in [0.29, 0.717) is 0 Å². The number of hydrogen-bond acceptors (Lipinski definition) is 2. The second-order valence-corrected chi connectivity index (χ2v) is 6.58. The third-order valence-corrected chi connectivity index (χ3v) is 5.68. The molecule has 0 aromatic rings. The molecule has 4 saturated carbocycles. The Morgan fingerprint density at radius 1 is 0.875 bits per heavy atom. The first-order valence-corrected chi connectivity index (χ1v) is 7.22. The van der Waals surface area contributed by atoms with E-state index in [1.807, 2.05) is 0 Å². The van der Waals surface area contributed by atoms with E-state index in [1.165, 1.54) is 25.7 Å². The van der Waals surface area contributed by atoms with Gasteiger partial charge in [0.15, 0.2) is 0 Å². The van der Waals surface area contributed by atoms with Crippen LogP contribution >= 0.6 is 0 Å². The largest absolute Gasteiger partial charge is 0.330 e. The molecule has 16 heavy (non-hydrogen) atoms. The third kappa shape index (κ3) is 1.70. The topological polar surface area (TPSA) is 52.0 Å². The van der Waals surface area contributed by atoms with Crippen molar-refractivity contribution in [3.8, 4) is 0 Å². The summed E-state index contributed by atoms with van der Waals surface area (Å²) in [5.74, 6) is 5.83. The van der Waals surface area contributed by atoms with Crippen molar-refractivity contribution in [3.63, 3.8) is 0 Å². The van der Waals surface area contributed by atoms with E-state index in [2.05, 4.69) is 0 Å². The summed E-state index contributed by atoms with van der Waals surface area (Å²) < 4.78 is 0. The first kappa shape index (κ1) is 11.0. The molecule has 2 heteroatoms. The summed E-state index contributed by atoms with van der Waals surface area (Å²) in [5.41, 5.74) is 11.7. The molecule has 0 heterocycles. The zero-order valence-corrected chi connectivity index (χ0v) is 10.3. The molecular formula is C14H26N2. The Kier molecular flexibility index (Phi) is 2.97. The molecule has 0 aliphatic heterocycles. The zero-order valence-electron chi connectivity index (χ0n) is 10.3. The molecular weight excluding hydrogens is 196 g/mol. The molecule has 0 aromatic carbocycles. The molecule has 0 amide bonds. The zero-order chi connectivity index (χ0) is 11.1. The Labute approximate surface area is 99.1 Å². The Balaban J connectivity index is 1.75. The predicted octanol–water partition coefficient (Wildman–Crippen LogP) is 1.98. The van der Waals surface area contributed by atoms with Crippen LogP contribution < -0.4 is 11.5 Å². The third-order valence-electron chi connectivity index (χ3n) is 5.68. The average Bonchev–Trinajstić information content (AvgIpc) is 2.26. The lowest BCUT2D eigenvalue weighted by atomic mass is 9.49. The Morgan fingerprint density at radius 2 is 1.44 bits per heavy atom. The highest BCUT2D eigenvalue weighted by molar-refractivity contribution is 5.00. The minimum absolute atomic E-state index is 0.722. The van der Waals surface area contributed by atoms with Crippen LogP contribution in [0.1, 0.15) is 38.5 Å². The predicted molar refractivity (Wildman–Crippen MR) is 66.8 cm³/mol. The van der Waals surface area contributed by atoms with Gasteiger partial charge in [-0.1, -0.05) is 0 Å². The summed E-state index contributed by atoms with van der Waals surface area (Å²) in [7, 11) is 0. The molecule has 4 fully saturated rings. The van der Waals surface area contributed by atoms with E-state index in [-0.39, 0.29) is 0 Å². The first-order valence-electron chi connectivity index (χ1n) is 7.22. The van der Waals surface area contributed by atoms with Gasteiger partial charge < -0.3 is 11.5 Å². The summed E-state index contributed by atoms with van der Waals surface area (Å²) in [4.78, 5) is 0. The molecule has 4 rings (SSSR count). The molecule has 0 aromatic heterocycles. The van der Waals surface area contributed by atoms with E-state index >= 15 is 0 Å². The van der Waals surface area contributed by atoms with Gasteiger partial charge in [-0.05, 0) is 87.1 Å². The van der Waals surface area contributed by atoms with Crippen LogP contribution in [-0.4, -0.2) is 13.1 Å². The van der Waals surface area contributed by atoms with Crippen molar-refractivity contribution in [3.05, 3.63) is 0 Å². The molecule has 4 aliphatic rings. The lowest BCUT2D eigenvalue weighted by molar-refractivity contribution is -0.0609. The second kappa shape index (κ2) is 4.30. The summed E-state index contributed by atoms with van der Waals surface area (Å²) in [6, 6.07) is 0. The Bertz CT molecular complexity index is 220. The Hall–Kier alpha value is -0.0800. The number of hydrogen-bond donors (Lipinski definition) is 2. The van der Waals surface area contributed by atoms with Crippen molar-refractivity contribution in [1.29, 1.82) is 0 Å². The van der Waals surface area contributed by atoms with Crippen molar-refractivity contribution in [1.82, 2.24) is 0 Å². The minimum Gasteiger partial charge on any atom is -0.330 e. The summed E-state index contributed by atoms with van der Waals surface area (Å²) in [6.07, 6.45) is 8.75. The van der Waals surface area contributed by atoms with Gasteiger partial charge in [0.1, 0.15) is 0 Å². The lowest BCUT2D eigenvalue weighted by Gasteiger charge is -2.56. The molecule has 4 aliphatic carbocycles. The fraction of sp³-hybridized carbons (Fsp3) is 1.00. The summed E-state index contributed by atoms with van der Waals surface area (Å²) in [5, 5.41) is 0. The second-order valence-electron chi connectivity index (χ2n) is 6.58. The van der Waals surface area contributed by atoms with Crippen molar-refractivity contribution >= 4 is 0 Å². The van der Waals surface area contributed by atoms with Gasteiger partial charge in [-0.2, -0.15) is 0 Å². The van der Waals surface area contributed by atoms with Gasteiger partial charge in [-0.15, -0.1) is 0 Å². The van der Waals surface area contributed by atoms with Crippen molar-refractivity contribution in [2.24, 2.45) is 47.0 Å². The van der Waals surface area contributed by atoms with E-state index in [0.717, 1.165) is 55.0 Å². The molecule has 4 bridgehead atoms. The van der Waals surface area contributed by atoms with Gasteiger partial charge >= 0.3 is 0 Å². The smallest absolute Gasteiger partial charge is 0.00455 e. The fourth-order valence-electron chi connectivity index (χ4n) is 5.42. The monoisotopic (exact) mass is 222 g/mol. The first-order chi connectivity index (χ1) is 7.81. The molecule has 0 radical (unpaired) electrons. The number of rotatable bonds is 4. The molecule has 1 unspecified atom stereocenters. The SMILES string of the molecule is NCCC(CN)C1C2CC3CC(C2)CC1C3. The standard InChI is InChI=1S/C14H26N2/c15-2-1-11(8-16)14-12-4-9-3-10(6-12)7-13(14)5-9/h9-14H,1-8,15-16H2. The highest BCUT2D eigenvalue weighted by Crippen LogP contribution is 2.58. The van der Waals surface area contributed by atoms with Crippen LogP contribution in [0.5, 0.6) is 0 Å². The van der Waals surface area contributed by atoms with Crippen LogP contribution in [0.15, 0.2) is 0 Å². The van der Waals surface area contributed by atoms with Crippen LogP contribution in [-0.2, 0) is 0 Å². The van der Waals surface area contributed by atoms with Gasteiger partial charge in [0.25, 0.3) is 0 Å². The molecule has 1 atom stereocenters. The Morgan fingerprint density at radius 3 is 1.88 bits per heavy atom. The van der Waals surface area contributed by atoms with Crippen LogP contribution in [0, 0.1) is 35.5 Å². The van der Waals surface area contributed by atoms with Crippen LogP contribution in [0.25, 0.3) is 0 Å². The highest BCUT2D eigenvalue weighted by atomic mass is 14.6. The summed E-state index contributed by atoms with van der Waals surface area (Å²) in [6.45, 7) is 1.69. The average molecular weight is 222 g/mol. The maximum atomic E-state index is 5.98.